The van der Waals surface area contributed by atoms with Gasteiger partial charge >= 0.3 is 12.0 Å². The number of aromatic carboxylic acids is 1. The summed E-state index contributed by atoms with van der Waals surface area (Å²) in [5, 5.41) is 20.6. The Morgan fingerprint density at radius 2 is 2.05 bits per heavy atom. The first-order chi connectivity index (χ1) is 9.49. The number of hydrogen-bond acceptors (Lipinski definition) is 3. The lowest BCUT2D eigenvalue weighted by atomic mass is 10.2. The van der Waals surface area contributed by atoms with Crippen LogP contribution in [-0.4, -0.2) is 46.8 Å². The van der Waals surface area contributed by atoms with Crippen molar-refractivity contribution in [3.63, 3.8) is 0 Å². The Labute approximate surface area is 122 Å². The summed E-state index contributed by atoms with van der Waals surface area (Å²) >= 11 is 5.93. The minimum absolute atomic E-state index is 0.0360. The third-order valence-corrected chi connectivity index (χ3v) is 2.94. The lowest BCUT2D eigenvalue weighted by Crippen LogP contribution is -2.37. The van der Waals surface area contributed by atoms with E-state index in [0.717, 1.165) is 6.42 Å². The number of nitrogens with one attached hydrogen (secondary N) is 1. The van der Waals surface area contributed by atoms with E-state index in [1.807, 2.05) is 6.92 Å². The number of nitrogens with zero attached hydrogens (tertiary/aromatic N) is 1. The summed E-state index contributed by atoms with van der Waals surface area (Å²) in [7, 11) is 0. The maximum absolute atomic E-state index is 12.0. The molecule has 0 radical (unpaired) electrons. The number of amides is 2. The van der Waals surface area contributed by atoms with Crippen LogP contribution >= 0.6 is 11.6 Å². The predicted octanol–water partition coefficient (Wildman–Crippen LogP) is 2.27. The highest BCUT2D eigenvalue weighted by molar-refractivity contribution is 6.33. The highest BCUT2D eigenvalue weighted by Crippen LogP contribution is 2.23. The Morgan fingerprint density at radius 1 is 1.35 bits per heavy atom. The van der Waals surface area contributed by atoms with Crippen LogP contribution in [0.5, 0.6) is 0 Å². The molecule has 0 unspecified atom stereocenters. The van der Waals surface area contributed by atoms with E-state index >= 15 is 0 Å². The highest BCUT2D eigenvalue weighted by atomic mass is 35.5. The topological polar surface area (TPSA) is 89.9 Å². The zero-order valence-electron chi connectivity index (χ0n) is 11.1. The number of aliphatic hydroxyl groups excluding tert-OH is 1. The van der Waals surface area contributed by atoms with Crippen molar-refractivity contribution in [2.24, 2.45) is 0 Å². The zero-order valence-corrected chi connectivity index (χ0v) is 11.9. The second kappa shape index (κ2) is 7.72. The van der Waals surface area contributed by atoms with E-state index < -0.39 is 12.0 Å². The summed E-state index contributed by atoms with van der Waals surface area (Å²) < 4.78 is 0. The number of halogens is 1. The van der Waals surface area contributed by atoms with Crippen LogP contribution in [-0.2, 0) is 0 Å². The molecule has 0 aliphatic heterocycles. The summed E-state index contributed by atoms with van der Waals surface area (Å²) in [5.74, 6) is -1.10. The monoisotopic (exact) mass is 300 g/mol. The standard InChI is InChI=1S/C13H17ClN2O4/c1-2-5-16(6-7-17)13(20)15-11-8-9(12(18)19)3-4-10(11)14/h3-4,8,17H,2,5-7H2,1H3,(H,15,20)(H,18,19). The van der Waals surface area contributed by atoms with Crippen molar-refractivity contribution in [2.45, 2.75) is 13.3 Å². The van der Waals surface area contributed by atoms with E-state index in [1.165, 1.54) is 23.1 Å². The molecule has 1 rings (SSSR count). The summed E-state index contributed by atoms with van der Waals surface area (Å²) in [6, 6.07) is 3.64. The minimum atomic E-state index is -1.10. The average molecular weight is 301 g/mol. The highest BCUT2D eigenvalue weighted by Gasteiger charge is 2.15. The molecular formula is C13H17ClN2O4. The number of anilines is 1. The van der Waals surface area contributed by atoms with Gasteiger partial charge in [-0.3, -0.25) is 0 Å². The van der Waals surface area contributed by atoms with Crippen molar-refractivity contribution in [1.29, 1.82) is 0 Å². The summed E-state index contributed by atoms with van der Waals surface area (Å²) in [4.78, 5) is 24.3. The molecule has 1 aromatic carbocycles. The van der Waals surface area contributed by atoms with E-state index in [0.29, 0.717) is 6.54 Å². The van der Waals surface area contributed by atoms with Crippen molar-refractivity contribution < 1.29 is 19.8 Å². The summed E-state index contributed by atoms with van der Waals surface area (Å²) in [6.45, 7) is 2.46. The van der Waals surface area contributed by atoms with Crippen molar-refractivity contribution in [3.8, 4) is 0 Å². The number of carbonyl (C=O) groups excluding carboxylic acids is 1. The first-order valence-electron chi connectivity index (χ1n) is 6.19. The molecule has 0 atom stereocenters. The lowest BCUT2D eigenvalue weighted by Gasteiger charge is -2.21. The van der Waals surface area contributed by atoms with Crippen LogP contribution in [0.25, 0.3) is 0 Å². The Kier molecular flexibility index (Phi) is 6.27. The number of carboxylic acid groups (broad SMARTS) is 1. The van der Waals surface area contributed by atoms with Crippen molar-refractivity contribution >= 4 is 29.3 Å². The molecule has 0 bridgehead atoms. The number of hydrogen-bond donors (Lipinski definition) is 3. The number of carbonyl (C=O) groups is 2. The quantitative estimate of drug-likeness (QED) is 0.752. The Balaban J connectivity index is 2.87. The lowest BCUT2D eigenvalue weighted by molar-refractivity contribution is 0.0697. The number of urea groups is 1. The Bertz CT molecular complexity index is 487. The SMILES string of the molecule is CCCN(CCO)C(=O)Nc1cc(C(=O)O)ccc1Cl. The molecule has 0 aromatic heterocycles. The minimum Gasteiger partial charge on any atom is -0.478 e. The predicted molar refractivity (Wildman–Crippen MR) is 76.4 cm³/mol. The fourth-order valence-corrected chi connectivity index (χ4v) is 1.82. The van der Waals surface area contributed by atoms with E-state index in [-0.39, 0.29) is 29.4 Å². The zero-order chi connectivity index (χ0) is 15.1. The van der Waals surface area contributed by atoms with Gasteiger partial charge in [-0.2, -0.15) is 0 Å². The fourth-order valence-electron chi connectivity index (χ4n) is 1.65. The molecule has 20 heavy (non-hydrogen) atoms. The Hall–Kier alpha value is -1.79. The molecule has 0 saturated carbocycles. The average Bonchev–Trinajstić information content (AvgIpc) is 2.40. The molecule has 6 nitrogen and oxygen atoms in total. The third-order valence-electron chi connectivity index (χ3n) is 2.61. The summed E-state index contributed by atoms with van der Waals surface area (Å²) in [6.07, 6.45) is 0.746. The van der Waals surface area contributed by atoms with Crippen LogP contribution < -0.4 is 5.32 Å². The largest absolute Gasteiger partial charge is 0.478 e. The van der Waals surface area contributed by atoms with Crippen LogP contribution in [0.4, 0.5) is 10.5 Å². The second-order valence-corrected chi connectivity index (χ2v) is 4.55. The van der Waals surface area contributed by atoms with Gasteiger partial charge in [-0.05, 0) is 24.6 Å². The molecule has 7 heteroatoms. The van der Waals surface area contributed by atoms with Gasteiger partial charge < -0.3 is 20.4 Å². The van der Waals surface area contributed by atoms with Gasteiger partial charge in [-0.1, -0.05) is 18.5 Å². The number of benzene rings is 1. The number of carboxylic acids is 1. The van der Waals surface area contributed by atoms with Gasteiger partial charge in [-0.15, -0.1) is 0 Å². The van der Waals surface area contributed by atoms with E-state index in [4.69, 9.17) is 21.8 Å². The van der Waals surface area contributed by atoms with Crippen LogP contribution in [0.2, 0.25) is 5.02 Å². The van der Waals surface area contributed by atoms with Gasteiger partial charge in [-0.25, -0.2) is 9.59 Å². The van der Waals surface area contributed by atoms with Crippen LogP contribution in [0.3, 0.4) is 0 Å². The van der Waals surface area contributed by atoms with Crippen LogP contribution in [0.15, 0.2) is 18.2 Å². The van der Waals surface area contributed by atoms with Crippen LogP contribution in [0, 0.1) is 0 Å². The van der Waals surface area contributed by atoms with Gasteiger partial charge in [0, 0.05) is 13.1 Å². The molecule has 0 aliphatic carbocycles. The smallest absolute Gasteiger partial charge is 0.335 e. The summed E-state index contributed by atoms with van der Waals surface area (Å²) in [5.41, 5.74) is 0.268. The molecule has 3 N–H and O–H groups in total. The number of aliphatic hydroxyl groups is 1. The van der Waals surface area contributed by atoms with E-state index in [9.17, 15) is 9.59 Å². The van der Waals surface area contributed by atoms with Crippen molar-refractivity contribution in [2.75, 3.05) is 25.0 Å². The van der Waals surface area contributed by atoms with E-state index in [1.54, 1.807) is 0 Å². The second-order valence-electron chi connectivity index (χ2n) is 4.14. The third kappa shape index (κ3) is 4.40. The van der Waals surface area contributed by atoms with Crippen molar-refractivity contribution in [3.05, 3.63) is 28.8 Å². The molecule has 2 amide bonds. The fraction of sp³-hybridized carbons (Fsp3) is 0.385. The molecule has 0 heterocycles. The van der Waals surface area contributed by atoms with Gasteiger partial charge in [0.05, 0.1) is 22.9 Å². The van der Waals surface area contributed by atoms with Gasteiger partial charge in [0.25, 0.3) is 0 Å². The first-order valence-corrected chi connectivity index (χ1v) is 6.57. The normalized spacial score (nSPS) is 10.2. The van der Waals surface area contributed by atoms with Gasteiger partial charge in [0.2, 0.25) is 0 Å². The van der Waals surface area contributed by atoms with Crippen molar-refractivity contribution in [1.82, 2.24) is 4.90 Å². The number of rotatable bonds is 6. The maximum atomic E-state index is 12.0. The van der Waals surface area contributed by atoms with E-state index in [2.05, 4.69) is 5.32 Å². The first kappa shape index (κ1) is 16.3. The molecule has 0 saturated heterocycles. The molecule has 0 spiro atoms. The van der Waals surface area contributed by atoms with Gasteiger partial charge in [0.1, 0.15) is 0 Å². The molecular weight excluding hydrogens is 284 g/mol. The molecule has 0 fully saturated rings. The molecule has 1 aromatic rings. The molecule has 110 valence electrons. The van der Waals surface area contributed by atoms with Gasteiger partial charge in [0.15, 0.2) is 0 Å². The Morgan fingerprint density at radius 3 is 2.60 bits per heavy atom. The van der Waals surface area contributed by atoms with Crippen LogP contribution in [0.1, 0.15) is 23.7 Å². The maximum Gasteiger partial charge on any atom is 0.335 e. The molecule has 0 aliphatic rings.